The highest BCUT2D eigenvalue weighted by Gasteiger charge is 1.98. The summed E-state index contributed by atoms with van der Waals surface area (Å²) in [6.45, 7) is 4.54. The zero-order valence-electron chi connectivity index (χ0n) is 10.1. The number of nitrogens with zero attached hydrogens (tertiary/aromatic N) is 2. The van der Waals surface area contributed by atoms with Crippen LogP contribution in [0, 0.1) is 11.3 Å². The molecule has 17 heavy (non-hydrogen) atoms. The molecule has 1 rings (SSSR count). The van der Waals surface area contributed by atoms with E-state index in [-0.39, 0.29) is 6.04 Å². The maximum Gasteiger partial charge on any atom is 0.206 e. The number of rotatable bonds is 3. The second-order valence-corrected chi connectivity index (χ2v) is 3.92. The number of guanidine groups is 1. The zero-order chi connectivity index (χ0) is 12.7. The van der Waals surface area contributed by atoms with Crippen molar-refractivity contribution in [2.75, 3.05) is 0 Å². The fraction of sp³-hybridized carbons (Fsp3) is 0.333. The minimum absolute atomic E-state index is 0.269. The van der Waals surface area contributed by atoms with E-state index in [2.05, 4.69) is 21.8 Å². The van der Waals surface area contributed by atoms with Gasteiger partial charge < -0.3 is 5.32 Å². The van der Waals surface area contributed by atoms with Gasteiger partial charge in [-0.2, -0.15) is 5.26 Å². The number of nitrogens with one attached hydrogen (secondary N) is 2. The molecule has 0 bridgehead atoms. The first kappa shape index (κ1) is 13.0. The lowest BCUT2D eigenvalue weighted by Gasteiger charge is -2.11. The molecular weight excluding hydrogens is 214 g/mol. The van der Waals surface area contributed by atoms with Gasteiger partial charge in [0.2, 0.25) is 5.96 Å². The lowest BCUT2D eigenvalue weighted by atomic mass is 10.1. The van der Waals surface area contributed by atoms with E-state index in [0.717, 1.165) is 5.56 Å². The molecule has 0 radical (unpaired) electrons. The highest BCUT2D eigenvalue weighted by Crippen LogP contribution is 2.04. The van der Waals surface area contributed by atoms with Gasteiger partial charge in [0.15, 0.2) is 0 Å². The van der Waals surface area contributed by atoms with Crippen molar-refractivity contribution in [2.45, 2.75) is 26.4 Å². The van der Waals surface area contributed by atoms with Crippen LogP contribution in [-0.4, -0.2) is 12.0 Å². The van der Waals surface area contributed by atoms with Gasteiger partial charge in [0.05, 0.1) is 18.2 Å². The van der Waals surface area contributed by atoms with E-state index in [1.54, 1.807) is 12.1 Å². The maximum absolute atomic E-state index is 8.67. The average molecular weight is 231 g/mol. The van der Waals surface area contributed by atoms with Crippen LogP contribution in [0.5, 0.6) is 0 Å². The lowest BCUT2D eigenvalue weighted by molar-refractivity contribution is 0.702. The number of nitrogens with two attached hydrogens (primary N) is 1. The summed E-state index contributed by atoms with van der Waals surface area (Å²) in [6.07, 6.45) is 0. The van der Waals surface area contributed by atoms with Crippen LogP contribution in [0.25, 0.3) is 0 Å². The van der Waals surface area contributed by atoms with Gasteiger partial charge in [-0.25, -0.2) is 10.8 Å². The van der Waals surface area contributed by atoms with Gasteiger partial charge in [-0.1, -0.05) is 12.1 Å². The summed E-state index contributed by atoms with van der Waals surface area (Å²) in [5, 5.41) is 11.8. The van der Waals surface area contributed by atoms with Crippen LogP contribution >= 0.6 is 0 Å². The van der Waals surface area contributed by atoms with Gasteiger partial charge in [-0.15, -0.1) is 0 Å². The summed E-state index contributed by atoms with van der Waals surface area (Å²) < 4.78 is 0. The first-order chi connectivity index (χ1) is 8.15. The molecule has 0 heterocycles. The Bertz CT molecular complexity index is 414. The Labute approximate surface area is 101 Å². The largest absolute Gasteiger partial charge is 0.353 e. The van der Waals surface area contributed by atoms with Crippen LogP contribution in [0.3, 0.4) is 0 Å². The summed E-state index contributed by atoms with van der Waals surface area (Å²) in [6, 6.07) is 9.65. The van der Waals surface area contributed by atoms with Crippen LogP contribution < -0.4 is 16.6 Å². The third-order valence-electron chi connectivity index (χ3n) is 2.06. The van der Waals surface area contributed by atoms with Crippen molar-refractivity contribution in [3.8, 4) is 6.07 Å². The first-order valence-electron chi connectivity index (χ1n) is 5.42. The molecule has 0 atom stereocenters. The molecule has 0 spiro atoms. The molecule has 1 aromatic rings. The van der Waals surface area contributed by atoms with E-state index in [4.69, 9.17) is 11.1 Å². The molecule has 4 N–H and O–H groups in total. The quantitative estimate of drug-likeness (QED) is 0.312. The van der Waals surface area contributed by atoms with Crippen LogP contribution in [0.15, 0.2) is 29.3 Å². The Balaban J connectivity index is 2.64. The van der Waals surface area contributed by atoms with E-state index in [1.807, 2.05) is 26.0 Å². The van der Waals surface area contributed by atoms with Crippen molar-refractivity contribution < 1.29 is 0 Å². The monoisotopic (exact) mass is 231 g/mol. The molecule has 0 unspecified atom stereocenters. The van der Waals surface area contributed by atoms with Crippen molar-refractivity contribution in [2.24, 2.45) is 10.8 Å². The molecule has 0 fully saturated rings. The molecule has 90 valence electrons. The summed E-state index contributed by atoms with van der Waals surface area (Å²) in [5.74, 6) is 5.90. The second kappa shape index (κ2) is 6.51. The third-order valence-corrected chi connectivity index (χ3v) is 2.06. The molecule has 0 saturated heterocycles. The van der Waals surface area contributed by atoms with E-state index in [1.165, 1.54) is 0 Å². The summed E-state index contributed by atoms with van der Waals surface area (Å²) in [7, 11) is 0. The molecule has 0 aliphatic carbocycles. The Hall–Kier alpha value is -2.06. The van der Waals surface area contributed by atoms with Gasteiger partial charge in [0.1, 0.15) is 0 Å². The summed E-state index contributed by atoms with van der Waals surface area (Å²) in [4.78, 5) is 4.29. The van der Waals surface area contributed by atoms with E-state index in [9.17, 15) is 0 Å². The standard InChI is InChI=1S/C12H17N5/c1-9(2)16-12(17-14)15-8-11-5-3-10(7-13)4-6-11/h3-6,9H,8,14H2,1-2H3,(H2,15,16,17). The average Bonchev–Trinajstić information content (AvgIpc) is 2.34. The van der Waals surface area contributed by atoms with Crippen molar-refractivity contribution in [1.82, 2.24) is 10.7 Å². The predicted molar refractivity (Wildman–Crippen MR) is 67.9 cm³/mol. The highest BCUT2D eigenvalue weighted by atomic mass is 15.3. The number of nitriles is 1. The molecule has 5 heteroatoms. The van der Waals surface area contributed by atoms with Crippen LogP contribution in [0.4, 0.5) is 0 Å². The van der Waals surface area contributed by atoms with Crippen molar-refractivity contribution >= 4 is 5.96 Å². The number of benzene rings is 1. The number of hydrogen-bond acceptors (Lipinski definition) is 3. The fourth-order valence-corrected chi connectivity index (χ4v) is 1.26. The molecule has 1 aromatic carbocycles. The number of aliphatic imine (C=N–C) groups is 1. The normalized spacial score (nSPS) is 11.1. The van der Waals surface area contributed by atoms with Crippen molar-refractivity contribution in [1.29, 1.82) is 5.26 Å². The van der Waals surface area contributed by atoms with Crippen LogP contribution in [0.1, 0.15) is 25.0 Å². The minimum Gasteiger partial charge on any atom is -0.353 e. The second-order valence-electron chi connectivity index (χ2n) is 3.92. The van der Waals surface area contributed by atoms with Gasteiger partial charge in [0.25, 0.3) is 0 Å². The predicted octanol–water partition coefficient (Wildman–Crippen LogP) is 0.876. The van der Waals surface area contributed by atoms with E-state index in [0.29, 0.717) is 18.1 Å². The Morgan fingerprint density at radius 3 is 2.53 bits per heavy atom. The van der Waals surface area contributed by atoms with Gasteiger partial charge in [-0.05, 0) is 31.5 Å². The highest BCUT2D eigenvalue weighted by molar-refractivity contribution is 5.79. The van der Waals surface area contributed by atoms with Crippen molar-refractivity contribution in [3.63, 3.8) is 0 Å². The summed E-state index contributed by atoms with van der Waals surface area (Å²) in [5.41, 5.74) is 4.19. The first-order valence-corrected chi connectivity index (χ1v) is 5.42. The minimum atomic E-state index is 0.269. The molecule has 0 amide bonds. The Morgan fingerprint density at radius 2 is 2.06 bits per heavy atom. The molecular formula is C12H17N5. The number of hydrazine groups is 1. The number of hydrogen-bond donors (Lipinski definition) is 3. The maximum atomic E-state index is 8.67. The van der Waals surface area contributed by atoms with Gasteiger partial charge in [-0.3, -0.25) is 5.43 Å². The van der Waals surface area contributed by atoms with Gasteiger partial charge in [0, 0.05) is 6.04 Å². The van der Waals surface area contributed by atoms with Crippen LogP contribution in [0.2, 0.25) is 0 Å². The SMILES string of the molecule is CC(C)NC(=NCc1ccc(C#N)cc1)NN. The molecule has 5 nitrogen and oxygen atoms in total. The molecule has 0 aromatic heterocycles. The smallest absolute Gasteiger partial charge is 0.206 e. The van der Waals surface area contributed by atoms with E-state index >= 15 is 0 Å². The van der Waals surface area contributed by atoms with Gasteiger partial charge >= 0.3 is 0 Å². The van der Waals surface area contributed by atoms with Crippen molar-refractivity contribution in [3.05, 3.63) is 35.4 Å². The van der Waals surface area contributed by atoms with Crippen LogP contribution in [-0.2, 0) is 6.54 Å². The molecule has 0 aliphatic rings. The summed E-state index contributed by atoms with van der Waals surface area (Å²) >= 11 is 0. The third kappa shape index (κ3) is 4.53. The Kier molecular flexibility index (Phi) is 4.98. The lowest BCUT2D eigenvalue weighted by Crippen LogP contribution is -2.44. The fourth-order valence-electron chi connectivity index (χ4n) is 1.26. The topological polar surface area (TPSA) is 86.2 Å². The zero-order valence-corrected chi connectivity index (χ0v) is 10.1. The molecule has 0 aliphatic heterocycles. The molecule has 0 saturated carbocycles. The van der Waals surface area contributed by atoms with E-state index < -0.39 is 0 Å². The Morgan fingerprint density at radius 1 is 1.41 bits per heavy atom.